The first-order chi connectivity index (χ1) is 7.04. The zero-order valence-corrected chi connectivity index (χ0v) is 9.21. The van der Waals surface area contributed by atoms with Gasteiger partial charge in [-0.2, -0.15) is 0 Å². The molecule has 0 radical (unpaired) electrons. The molecule has 0 bridgehead atoms. The minimum absolute atomic E-state index is 0.0657. The third kappa shape index (κ3) is 3.02. The summed E-state index contributed by atoms with van der Waals surface area (Å²) in [5.41, 5.74) is 3.81. The number of nitrogens with zero attached hydrogens (tertiary/aromatic N) is 1. The molecular weight excluding hydrogens is 193 g/mol. The number of aryl methyl sites for hydroxylation is 1. The van der Waals surface area contributed by atoms with Crippen LogP contribution in [0.1, 0.15) is 25.0 Å². The van der Waals surface area contributed by atoms with Gasteiger partial charge in [-0.15, -0.1) is 0 Å². The number of aliphatic imine (C=N–C) groups is 1. The number of benzene rings is 1. The van der Waals surface area contributed by atoms with Crippen LogP contribution in [0, 0.1) is 12.7 Å². The molecule has 1 aromatic rings. The predicted molar refractivity (Wildman–Crippen MR) is 60.1 cm³/mol. The number of nitrogens with two attached hydrogens (primary N) is 1. The van der Waals surface area contributed by atoms with Crippen LogP contribution in [0.5, 0.6) is 0 Å². The molecule has 82 valence electrons. The summed E-state index contributed by atoms with van der Waals surface area (Å²) in [5, 5.41) is 0. The minimum Gasteiger partial charge on any atom is -0.308 e. The largest absolute Gasteiger partial charge is 0.308 e. The highest BCUT2D eigenvalue weighted by molar-refractivity contribution is 5.98. The van der Waals surface area contributed by atoms with Gasteiger partial charge in [0, 0.05) is 6.04 Å². The molecule has 0 unspecified atom stereocenters. The number of halogens is 1. The summed E-state index contributed by atoms with van der Waals surface area (Å²) in [6.45, 7) is 5.71. The molecule has 0 fully saturated rings. The second-order valence-electron chi connectivity index (χ2n) is 3.70. The van der Waals surface area contributed by atoms with Crippen LogP contribution < -0.4 is 11.3 Å². The second kappa shape index (κ2) is 4.89. The van der Waals surface area contributed by atoms with E-state index in [0.29, 0.717) is 11.4 Å². The maximum absolute atomic E-state index is 13.5. The molecule has 0 amide bonds. The van der Waals surface area contributed by atoms with Gasteiger partial charge in [0.15, 0.2) is 0 Å². The van der Waals surface area contributed by atoms with Crippen molar-refractivity contribution in [2.45, 2.75) is 26.8 Å². The Kier molecular flexibility index (Phi) is 3.80. The number of amidine groups is 1. The van der Waals surface area contributed by atoms with E-state index in [-0.39, 0.29) is 11.9 Å². The van der Waals surface area contributed by atoms with Crippen molar-refractivity contribution >= 4 is 5.84 Å². The van der Waals surface area contributed by atoms with Crippen LogP contribution in [0.15, 0.2) is 23.2 Å². The first-order valence-electron chi connectivity index (χ1n) is 4.85. The Morgan fingerprint density at radius 2 is 2.13 bits per heavy atom. The standard InChI is InChI=1S/C11H16FN3/c1-7(2)14-11(15-13)9-6-8(3)4-5-10(9)12/h4-7H,13H2,1-3H3,(H,14,15). The molecule has 0 spiro atoms. The number of hydrogen-bond donors (Lipinski definition) is 2. The molecule has 1 aromatic carbocycles. The number of rotatable bonds is 2. The molecule has 0 saturated carbocycles. The summed E-state index contributed by atoms with van der Waals surface area (Å²) in [4.78, 5) is 4.21. The van der Waals surface area contributed by atoms with E-state index < -0.39 is 0 Å². The molecule has 0 aliphatic heterocycles. The van der Waals surface area contributed by atoms with Gasteiger partial charge in [0.2, 0.25) is 0 Å². The maximum Gasteiger partial charge on any atom is 0.145 e. The van der Waals surface area contributed by atoms with Crippen molar-refractivity contribution in [1.29, 1.82) is 0 Å². The fourth-order valence-corrected chi connectivity index (χ4v) is 1.26. The van der Waals surface area contributed by atoms with Crippen molar-refractivity contribution in [2.75, 3.05) is 0 Å². The SMILES string of the molecule is Cc1ccc(F)c(C(=NC(C)C)NN)c1. The van der Waals surface area contributed by atoms with Gasteiger partial charge < -0.3 is 5.43 Å². The Morgan fingerprint density at radius 1 is 1.47 bits per heavy atom. The number of hydrogen-bond acceptors (Lipinski definition) is 2. The Balaban J connectivity index is 3.17. The van der Waals surface area contributed by atoms with Gasteiger partial charge in [0.25, 0.3) is 0 Å². The fraction of sp³-hybridized carbons (Fsp3) is 0.364. The summed E-state index contributed by atoms with van der Waals surface area (Å²) in [6.07, 6.45) is 0. The van der Waals surface area contributed by atoms with E-state index in [4.69, 9.17) is 5.84 Å². The lowest BCUT2D eigenvalue weighted by molar-refractivity contribution is 0.623. The molecule has 3 N–H and O–H groups in total. The van der Waals surface area contributed by atoms with Crippen LogP contribution in [0.4, 0.5) is 4.39 Å². The molecule has 0 saturated heterocycles. The van der Waals surface area contributed by atoms with Gasteiger partial charge in [-0.1, -0.05) is 11.6 Å². The molecular formula is C11H16FN3. The van der Waals surface area contributed by atoms with E-state index in [1.54, 1.807) is 12.1 Å². The number of hydrazine groups is 1. The Hall–Kier alpha value is -1.42. The Morgan fingerprint density at radius 3 is 2.67 bits per heavy atom. The topological polar surface area (TPSA) is 50.4 Å². The molecule has 3 nitrogen and oxygen atoms in total. The van der Waals surface area contributed by atoms with E-state index in [1.807, 2.05) is 20.8 Å². The highest BCUT2D eigenvalue weighted by atomic mass is 19.1. The van der Waals surface area contributed by atoms with Crippen LogP contribution >= 0.6 is 0 Å². The molecule has 1 rings (SSSR count). The first kappa shape index (κ1) is 11.7. The molecule has 4 heteroatoms. The van der Waals surface area contributed by atoms with Gasteiger partial charge >= 0.3 is 0 Å². The quantitative estimate of drug-likeness (QED) is 0.337. The van der Waals surface area contributed by atoms with Gasteiger partial charge in [-0.05, 0) is 32.9 Å². The lowest BCUT2D eigenvalue weighted by Gasteiger charge is -2.09. The predicted octanol–water partition coefficient (Wildman–Crippen LogP) is 1.75. The lowest BCUT2D eigenvalue weighted by Crippen LogP contribution is -2.32. The van der Waals surface area contributed by atoms with Crippen LogP contribution in [0.2, 0.25) is 0 Å². The average Bonchev–Trinajstić information content (AvgIpc) is 2.18. The number of nitrogens with one attached hydrogen (secondary N) is 1. The lowest BCUT2D eigenvalue weighted by atomic mass is 10.1. The van der Waals surface area contributed by atoms with Crippen molar-refractivity contribution in [3.63, 3.8) is 0 Å². The van der Waals surface area contributed by atoms with Crippen molar-refractivity contribution in [1.82, 2.24) is 5.43 Å². The van der Waals surface area contributed by atoms with E-state index in [0.717, 1.165) is 5.56 Å². The highest BCUT2D eigenvalue weighted by Gasteiger charge is 2.08. The maximum atomic E-state index is 13.5. The summed E-state index contributed by atoms with van der Waals surface area (Å²) < 4.78 is 13.5. The van der Waals surface area contributed by atoms with Crippen molar-refractivity contribution < 1.29 is 4.39 Å². The molecule has 0 aliphatic rings. The highest BCUT2D eigenvalue weighted by Crippen LogP contribution is 2.10. The van der Waals surface area contributed by atoms with Crippen LogP contribution in [-0.2, 0) is 0 Å². The van der Waals surface area contributed by atoms with Crippen molar-refractivity contribution in [2.24, 2.45) is 10.8 Å². The zero-order valence-electron chi connectivity index (χ0n) is 9.21. The monoisotopic (exact) mass is 209 g/mol. The normalized spacial score (nSPS) is 12.0. The van der Waals surface area contributed by atoms with Gasteiger partial charge in [0.05, 0.1) is 5.56 Å². The van der Waals surface area contributed by atoms with E-state index >= 15 is 0 Å². The summed E-state index contributed by atoms with van der Waals surface area (Å²) in [5.74, 6) is 5.38. The van der Waals surface area contributed by atoms with Crippen molar-refractivity contribution in [3.05, 3.63) is 35.1 Å². The molecule has 15 heavy (non-hydrogen) atoms. The van der Waals surface area contributed by atoms with Gasteiger partial charge in [-0.25, -0.2) is 10.2 Å². The minimum atomic E-state index is -0.321. The smallest absolute Gasteiger partial charge is 0.145 e. The van der Waals surface area contributed by atoms with Gasteiger partial charge in [-0.3, -0.25) is 4.99 Å². The Bertz CT molecular complexity index is 372. The van der Waals surface area contributed by atoms with Crippen molar-refractivity contribution in [3.8, 4) is 0 Å². The van der Waals surface area contributed by atoms with Crippen LogP contribution in [0.25, 0.3) is 0 Å². The van der Waals surface area contributed by atoms with Crippen LogP contribution in [-0.4, -0.2) is 11.9 Å². The third-order valence-corrected chi connectivity index (χ3v) is 1.90. The molecule has 0 heterocycles. The van der Waals surface area contributed by atoms with E-state index in [2.05, 4.69) is 10.4 Å². The summed E-state index contributed by atoms with van der Waals surface area (Å²) >= 11 is 0. The summed E-state index contributed by atoms with van der Waals surface area (Å²) in [7, 11) is 0. The van der Waals surface area contributed by atoms with E-state index in [1.165, 1.54) is 6.07 Å². The first-order valence-corrected chi connectivity index (χ1v) is 4.85. The molecule has 0 aliphatic carbocycles. The second-order valence-corrected chi connectivity index (χ2v) is 3.70. The Labute approximate surface area is 89.2 Å². The average molecular weight is 209 g/mol. The van der Waals surface area contributed by atoms with E-state index in [9.17, 15) is 4.39 Å². The van der Waals surface area contributed by atoms with Gasteiger partial charge in [0.1, 0.15) is 11.7 Å². The molecule has 0 aromatic heterocycles. The molecule has 0 atom stereocenters. The summed E-state index contributed by atoms with van der Waals surface area (Å²) in [6, 6.07) is 4.91. The fourth-order valence-electron chi connectivity index (χ4n) is 1.26. The third-order valence-electron chi connectivity index (χ3n) is 1.90. The van der Waals surface area contributed by atoms with Crippen LogP contribution in [0.3, 0.4) is 0 Å². The zero-order chi connectivity index (χ0) is 11.4.